The van der Waals surface area contributed by atoms with Crippen molar-refractivity contribution in [1.29, 1.82) is 0 Å². The van der Waals surface area contributed by atoms with Crippen LogP contribution in [0.2, 0.25) is 0 Å². The second-order valence-corrected chi connectivity index (χ2v) is 6.87. The lowest BCUT2D eigenvalue weighted by Gasteiger charge is -2.32. The van der Waals surface area contributed by atoms with E-state index < -0.39 is 0 Å². The lowest BCUT2D eigenvalue weighted by Crippen LogP contribution is -2.18. The maximum absolute atomic E-state index is 10.8. The van der Waals surface area contributed by atoms with Gasteiger partial charge in [0.25, 0.3) is 0 Å². The number of carbonyl (C=O) groups excluding carboxylic acids is 1. The Hall–Kier alpha value is -2.34. The van der Waals surface area contributed by atoms with Crippen molar-refractivity contribution in [2.45, 2.75) is 53.6 Å². The fourth-order valence-electron chi connectivity index (χ4n) is 3.02. The second kappa shape index (κ2) is 7.97. The predicted octanol–water partition coefficient (Wildman–Crippen LogP) is 4.58. The van der Waals surface area contributed by atoms with Gasteiger partial charge in [-0.15, -0.1) is 0 Å². The quantitative estimate of drug-likeness (QED) is 0.604. The number of nitrogens with zero attached hydrogens (tertiary/aromatic N) is 1. The van der Waals surface area contributed by atoms with E-state index in [9.17, 15) is 4.79 Å². The predicted molar refractivity (Wildman–Crippen MR) is 96.1 cm³/mol. The molecule has 24 heavy (non-hydrogen) atoms. The standard InChI is InChI=1S/C21H25NO2/c1-16-8-7-13-21(3,4)20(16)10-6-5-9-19-12-11-18(14-22-19)15-24-17(2)23/h6,10-12,14H,7-8,13,15H2,1-4H3/b10-6+. The maximum Gasteiger partial charge on any atom is 0.302 e. The molecule has 0 saturated carbocycles. The minimum atomic E-state index is -0.292. The number of pyridine rings is 1. The van der Waals surface area contributed by atoms with E-state index in [-0.39, 0.29) is 18.0 Å². The first kappa shape index (κ1) is 18.0. The van der Waals surface area contributed by atoms with Crippen molar-refractivity contribution in [3.8, 4) is 11.8 Å². The first-order valence-electron chi connectivity index (χ1n) is 8.35. The highest BCUT2D eigenvalue weighted by atomic mass is 16.5. The molecule has 1 aromatic rings. The van der Waals surface area contributed by atoms with E-state index in [0.717, 1.165) is 5.56 Å². The number of carbonyl (C=O) groups is 1. The van der Waals surface area contributed by atoms with E-state index >= 15 is 0 Å². The van der Waals surface area contributed by atoms with E-state index in [1.807, 2.05) is 18.2 Å². The van der Waals surface area contributed by atoms with Gasteiger partial charge < -0.3 is 4.74 Å². The number of hydrogen-bond acceptors (Lipinski definition) is 3. The fraction of sp³-hybridized carbons (Fsp3) is 0.429. The van der Waals surface area contributed by atoms with Crippen LogP contribution in [0.4, 0.5) is 0 Å². The van der Waals surface area contributed by atoms with E-state index in [4.69, 9.17) is 4.74 Å². The maximum atomic E-state index is 10.8. The summed E-state index contributed by atoms with van der Waals surface area (Å²) in [7, 11) is 0. The van der Waals surface area contributed by atoms with Gasteiger partial charge in [0.15, 0.2) is 0 Å². The third kappa shape index (κ3) is 5.09. The highest BCUT2D eigenvalue weighted by molar-refractivity contribution is 5.65. The lowest BCUT2D eigenvalue weighted by atomic mass is 9.73. The minimum absolute atomic E-state index is 0.233. The largest absolute Gasteiger partial charge is 0.461 e. The van der Waals surface area contributed by atoms with E-state index in [1.165, 1.54) is 37.3 Å². The molecular formula is C21H25NO2. The summed E-state index contributed by atoms with van der Waals surface area (Å²) < 4.78 is 4.93. The molecule has 0 N–H and O–H groups in total. The summed E-state index contributed by atoms with van der Waals surface area (Å²) in [5.41, 5.74) is 4.68. The van der Waals surface area contributed by atoms with Crippen LogP contribution in [0.1, 0.15) is 58.2 Å². The van der Waals surface area contributed by atoms with Gasteiger partial charge in [0, 0.05) is 18.7 Å². The zero-order valence-corrected chi connectivity index (χ0v) is 15.0. The van der Waals surface area contributed by atoms with Gasteiger partial charge >= 0.3 is 5.97 Å². The van der Waals surface area contributed by atoms with Gasteiger partial charge in [0.2, 0.25) is 0 Å². The summed E-state index contributed by atoms with van der Waals surface area (Å²) in [6.45, 7) is 8.46. The molecule has 1 heterocycles. The lowest BCUT2D eigenvalue weighted by molar-refractivity contribution is -0.142. The Balaban J connectivity index is 2.01. The molecule has 3 heteroatoms. The molecule has 0 amide bonds. The third-order valence-corrected chi connectivity index (χ3v) is 4.34. The third-order valence-electron chi connectivity index (χ3n) is 4.34. The van der Waals surface area contributed by atoms with Gasteiger partial charge in [-0.05, 0) is 55.2 Å². The average Bonchev–Trinajstić information content (AvgIpc) is 2.52. The van der Waals surface area contributed by atoms with Crippen molar-refractivity contribution in [3.05, 3.63) is 52.9 Å². The minimum Gasteiger partial charge on any atom is -0.461 e. The number of rotatable bonds is 3. The smallest absolute Gasteiger partial charge is 0.302 e. The molecule has 1 aromatic heterocycles. The molecule has 0 bridgehead atoms. The van der Waals surface area contributed by atoms with Crippen LogP contribution in [0.25, 0.3) is 0 Å². The highest BCUT2D eigenvalue weighted by Gasteiger charge is 2.26. The fourth-order valence-corrected chi connectivity index (χ4v) is 3.02. The number of hydrogen-bond donors (Lipinski definition) is 0. The average molecular weight is 323 g/mol. The summed E-state index contributed by atoms with van der Waals surface area (Å²) in [5.74, 6) is 5.81. The molecule has 3 nitrogen and oxygen atoms in total. The Bertz CT molecular complexity index is 712. The van der Waals surface area contributed by atoms with Crippen molar-refractivity contribution in [2.24, 2.45) is 5.41 Å². The zero-order valence-electron chi connectivity index (χ0n) is 15.0. The summed E-state index contributed by atoms with van der Waals surface area (Å²) in [4.78, 5) is 15.1. The Morgan fingerprint density at radius 2 is 2.21 bits per heavy atom. The number of aromatic nitrogens is 1. The molecule has 0 unspecified atom stereocenters. The van der Waals surface area contributed by atoms with E-state index in [1.54, 1.807) is 6.20 Å². The zero-order chi connectivity index (χ0) is 17.6. The molecule has 1 aliphatic rings. The molecule has 0 spiro atoms. The number of allylic oxidation sites excluding steroid dienone is 4. The molecule has 1 aliphatic carbocycles. The van der Waals surface area contributed by atoms with Crippen LogP contribution in [0.15, 0.2) is 41.6 Å². The van der Waals surface area contributed by atoms with Gasteiger partial charge in [-0.3, -0.25) is 4.79 Å². The molecular weight excluding hydrogens is 298 g/mol. The van der Waals surface area contributed by atoms with Gasteiger partial charge in [-0.1, -0.05) is 37.5 Å². The van der Waals surface area contributed by atoms with Crippen molar-refractivity contribution >= 4 is 5.97 Å². The molecule has 0 saturated heterocycles. The number of esters is 1. The summed E-state index contributed by atoms with van der Waals surface area (Å²) in [6.07, 6.45) is 9.43. The van der Waals surface area contributed by atoms with Gasteiger partial charge in [0.05, 0.1) is 0 Å². The van der Waals surface area contributed by atoms with Crippen LogP contribution in [-0.2, 0) is 16.1 Å². The molecule has 0 radical (unpaired) electrons. The normalized spacial score (nSPS) is 16.7. The molecule has 0 fully saturated rings. The van der Waals surface area contributed by atoms with Crippen molar-refractivity contribution in [3.63, 3.8) is 0 Å². The van der Waals surface area contributed by atoms with Crippen LogP contribution in [0.5, 0.6) is 0 Å². The molecule has 2 rings (SSSR count). The van der Waals surface area contributed by atoms with Crippen molar-refractivity contribution < 1.29 is 9.53 Å². The highest BCUT2D eigenvalue weighted by Crippen LogP contribution is 2.40. The molecule has 126 valence electrons. The summed E-state index contributed by atoms with van der Waals surface area (Å²) in [5, 5.41) is 0. The van der Waals surface area contributed by atoms with Crippen LogP contribution >= 0.6 is 0 Å². The van der Waals surface area contributed by atoms with Crippen LogP contribution in [0.3, 0.4) is 0 Å². The van der Waals surface area contributed by atoms with Crippen molar-refractivity contribution in [2.75, 3.05) is 0 Å². The molecule has 0 aliphatic heterocycles. The Labute approximate surface area is 144 Å². The number of ether oxygens (including phenoxy) is 1. The van der Waals surface area contributed by atoms with Crippen LogP contribution < -0.4 is 0 Å². The first-order chi connectivity index (χ1) is 11.4. The van der Waals surface area contributed by atoms with Crippen LogP contribution in [0, 0.1) is 17.3 Å². The summed E-state index contributed by atoms with van der Waals surface area (Å²) in [6, 6.07) is 3.72. The SMILES string of the molecule is CC(=O)OCc1ccc(C#C/C=C/C2=C(C)CCCC2(C)C)nc1. The van der Waals surface area contributed by atoms with Crippen LogP contribution in [-0.4, -0.2) is 11.0 Å². The summed E-state index contributed by atoms with van der Waals surface area (Å²) >= 11 is 0. The second-order valence-electron chi connectivity index (χ2n) is 6.87. The monoisotopic (exact) mass is 323 g/mol. The Morgan fingerprint density at radius 1 is 1.42 bits per heavy atom. The molecule has 0 aromatic carbocycles. The van der Waals surface area contributed by atoms with Gasteiger partial charge in [0.1, 0.15) is 12.3 Å². The first-order valence-corrected chi connectivity index (χ1v) is 8.35. The Morgan fingerprint density at radius 3 is 2.83 bits per heavy atom. The molecule has 0 atom stereocenters. The Kier molecular flexibility index (Phi) is 5.98. The van der Waals surface area contributed by atoms with E-state index in [0.29, 0.717) is 5.69 Å². The topological polar surface area (TPSA) is 39.2 Å². The van der Waals surface area contributed by atoms with Gasteiger partial charge in [-0.2, -0.15) is 0 Å². The van der Waals surface area contributed by atoms with E-state index in [2.05, 4.69) is 43.7 Å². The van der Waals surface area contributed by atoms with Crippen molar-refractivity contribution in [1.82, 2.24) is 4.98 Å². The van der Waals surface area contributed by atoms with Gasteiger partial charge in [-0.25, -0.2) is 4.98 Å².